The Hall–Kier alpha value is -1.29. The minimum Gasteiger partial charge on any atom is -0.462 e. The highest BCUT2D eigenvalue weighted by Crippen LogP contribution is 2.43. The Morgan fingerprint density at radius 1 is 0.492 bits per heavy atom. The van der Waals surface area contributed by atoms with Crippen LogP contribution in [0.3, 0.4) is 0 Å². The molecule has 0 rings (SSSR count). The quantitative estimate of drug-likeness (QED) is 0.0234. The van der Waals surface area contributed by atoms with Gasteiger partial charge in [-0.2, -0.15) is 0 Å². The summed E-state index contributed by atoms with van der Waals surface area (Å²) >= 11 is 0. The van der Waals surface area contributed by atoms with Gasteiger partial charge in [0.2, 0.25) is 0 Å². The molecule has 11 heteroatoms. The van der Waals surface area contributed by atoms with Gasteiger partial charge < -0.3 is 24.6 Å². The Bertz CT molecular complexity index is 993. The van der Waals surface area contributed by atoms with Crippen molar-refractivity contribution in [3.63, 3.8) is 0 Å². The normalized spacial score (nSPS) is 13.8. The van der Waals surface area contributed by atoms with Crippen molar-refractivity contribution in [3.8, 4) is 0 Å². The maximum absolute atomic E-state index is 12.6. The third-order valence-corrected chi connectivity index (χ3v) is 11.9. The molecule has 0 spiro atoms. The molecule has 0 bridgehead atoms. The van der Waals surface area contributed by atoms with E-state index in [4.69, 9.17) is 23.6 Å². The van der Waals surface area contributed by atoms with Gasteiger partial charge >= 0.3 is 19.8 Å². The second-order valence-electron chi connectivity index (χ2n) is 16.8. The topological polar surface area (TPSA) is 149 Å². The van der Waals surface area contributed by atoms with Crippen LogP contribution in [-0.2, 0) is 32.7 Å². The third-order valence-electron chi connectivity index (χ3n) is 10.9. The molecule has 0 aliphatic carbocycles. The van der Waals surface area contributed by atoms with Crippen molar-refractivity contribution in [2.24, 2.45) is 0 Å². The fraction of sp³-hybridized carbons (Fsp3) is 0.917. The van der Waals surface area contributed by atoms with Crippen LogP contribution in [0.2, 0.25) is 0 Å². The van der Waals surface area contributed by atoms with Crippen LogP contribution in [0.15, 0.2) is 12.2 Å². The van der Waals surface area contributed by atoms with Crippen LogP contribution in [0, 0.1) is 0 Å². The highest BCUT2D eigenvalue weighted by atomic mass is 31.2. The van der Waals surface area contributed by atoms with Crippen LogP contribution in [-0.4, -0.2) is 65.7 Å². The number of rotatable bonds is 47. The summed E-state index contributed by atoms with van der Waals surface area (Å²) < 4.78 is 32.8. The number of esters is 2. The summed E-state index contributed by atoms with van der Waals surface area (Å²) in [5, 5.41) is 18.4. The van der Waals surface area contributed by atoms with Gasteiger partial charge in [-0.1, -0.05) is 206 Å². The standard InChI is InChI=1S/C48H93O10P/c1-3-5-7-9-11-13-15-17-19-20-21-22-23-24-25-26-28-29-31-33-35-37-39-47(51)55-43-46(44-57-59(53,54)56-42-45(50)41-49)58-48(52)40-38-36-34-32-30-27-18-16-14-12-10-8-6-4-2/h16,18,45-46,49-50H,3-15,17,19-44H2,1-2H3,(H,53,54)/b18-16-. The number of carbonyl (C=O) groups is 2. The number of carbonyl (C=O) groups excluding carboxylic acids is 2. The number of phosphoric ester groups is 1. The number of aliphatic hydroxyl groups is 2. The molecule has 0 aliphatic heterocycles. The lowest BCUT2D eigenvalue weighted by Crippen LogP contribution is -2.29. The molecule has 0 fully saturated rings. The number of ether oxygens (including phenoxy) is 2. The van der Waals surface area contributed by atoms with Gasteiger partial charge in [-0.05, 0) is 38.5 Å². The van der Waals surface area contributed by atoms with Gasteiger partial charge in [0, 0.05) is 12.8 Å². The van der Waals surface area contributed by atoms with Gasteiger partial charge in [0.05, 0.1) is 19.8 Å². The number of allylic oxidation sites excluding steroid dienone is 2. The molecule has 0 heterocycles. The predicted molar refractivity (Wildman–Crippen MR) is 242 cm³/mol. The van der Waals surface area contributed by atoms with Crippen LogP contribution in [0.4, 0.5) is 0 Å². The first-order valence-electron chi connectivity index (χ1n) is 24.6. The second kappa shape index (κ2) is 44.8. The lowest BCUT2D eigenvalue weighted by molar-refractivity contribution is -0.161. The van der Waals surface area contributed by atoms with Crippen LogP contribution in [0.25, 0.3) is 0 Å². The zero-order valence-electron chi connectivity index (χ0n) is 38.2. The average Bonchev–Trinajstić information content (AvgIpc) is 3.22. The largest absolute Gasteiger partial charge is 0.472 e. The minimum absolute atomic E-state index is 0.178. The van der Waals surface area contributed by atoms with Crippen molar-refractivity contribution >= 4 is 19.8 Å². The molecule has 3 unspecified atom stereocenters. The first-order chi connectivity index (χ1) is 28.7. The van der Waals surface area contributed by atoms with Crippen molar-refractivity contribution in [2.75, 3.05) is 26.4 Å². The zero-order valence-corrected chi connectivity index (χ0v) is 39.1. The Morgan fingerprint density at radius 3 is 1.22 bits per heavy atom. The summed E-state index contributed by atoms with van der Waals surface area (Å²) in [6.45, 7) is 2.41. The third kappa shape index (κ3) is 44.6. The lowest BCUT2D eigenvalue weighted by Gasteiger charge is -2.20. The number of hydrogen-bond donors (Lipinski definition) is 3. The van der Waals surface area contributed by atoms with Crippen LogP contribution in [0.1, 0.15) is 245 Å². The maximum Gasteiger partial charge on any atom is 0.472 e. The lowest BCUT2D eigenvalue weighted by atomic mass is 10.0. The van der Waals surface area contributed by atoms with E-state index in [0.717, 1.165) is 51.4 Å². The number of hydrogen-bond acceptors (Lipinski definition) is 9. The Labute approximate surface area is 362 Å². The summed E-state index contributed by atoms with van der Waals surface area (Å²) in [5.74, 6) is -0.920. The van der Waals surface area contributed by atoms with E-state index in [1.165, 1.54) is 154 Å². The molecule has 0 radical (unpaired) electrons. The van der Waals surface area contributed by atoms with E-state index >= 15 is 0 Å². The van der Waals surface area contributed by atoms with E-state index in [1.54, 1.807) is 0 Å². The number of aliphatic hydroxyl groups excluding tert-OH is 2. The SMILES string of the molecule is CCCCCCC/C=C\CCCCCCCC(=O)OC(COC(=O)CCCCCCCCCCCCCCCCCCCCCCCC)COP(=O)(O)OCC(O)CO. The molecule has 0 saturated carbocycles. The number of unbranched alkanes of at least 4 members (excludes halogenated alkanes) is 31. The van der Waals surface area contributed by atoms with E-state index in [1.807, 2.05) is 0 Å². The van der Waals surface area contributed by atoms with Gasteiger partial charge in [-0.3, -0.25) is 18.6 Å². The van der Waals surface area contributed by atoms with E-state index in [9.17, 15) is 24.2 Å². The fourth-order valence-electron chi connectivity index (χ4n) is 7.11. The van der Waals surface area contributed by atoms with E-state index in [0.29, 0.717) is 12.8 Å². The maximum atomic E-state index is 12.6. The summed E-state index contributed by atoms with van der Waals surface area (Å²) in [4.78, 5) is 35.1. The highest BCUT2D eigenvalue weighted by molar-refractivity contribution is 7.47. The fourth-order valence-corrected chi connectivity index (χ4v) is 7.90. The summed E-state index contributed by atoms with van der Waals surface area (Å²) in [6, 6.07) is 0. The Kier molecular flexibility index (Phi) is 43.8. The molecule has 3 N–H and O–H groups in total. The van der Waals surface area contributed by atoms with Gasteiger partial charge in [0.25, 0.3) is 0 Å². The molecule has 0 aromatic heterocycles. The monoisotopic (exact) mass is 861 g/mol. The van der Waals surface area contributed by atoms with E-state index in [-0.39, 0.29) is 19.4 Å². The van der Waals surface area contributed by atoms with Crippen molar-refractivity contribution in [2.45, 2.75) is 257 Å². The van der Waals surface area contributed by atoms with Gasteiger partial charge in [0.1, 0.15) is 12.7 Å². The second-order valence-corrected chi connectivity index (χ2v) is 18.3. The number of phosphoric acid groups is 1. The van der Waals surface area contributed by atoms with Gasteiger partial charge in [0.15, 0.2) is 6.10 Å². The molecule has 350 valence electrons. The van der Waals surface area contributed by atoms with Gasteiger partial charge in [-0.15, -0.1) is 0 Å². The molecule has 0 saturated heterocycles. The minimum atomic E-state index is -4.62. The summed E-state index contributed by atoms with van der Waals surface area (Å²) in [7, 11) is -4.62. The Balaban J connectivity index is 4.12. The highest BCUT2D eigenvalue weighted by Gasteiger charge is 2.27. The van der Waals surface area contributed by atoms with Crippen molar-refractivity contribution < 1.29 is 47.8 Å². The molecule has 10 nitrogen and oxygen atoms in total. The van der Waals surface area contributed by atoms with E-state index in [2.05, 4.69) is 26.0 Å². The molecule has 0 aliphatic rings. The first-order valence-corrected chi connectivity index (χ1v) is 26.1. The van der Waals surface area contributed by atoms with Crippen molar-refractivity contribution in [1.82, 2.24) is 0 Å². The molecule has 0 aromatic rings. The summed E-state index contributed by atoms with van der Waals surface area (Å²) in [5.41, 5.74) is 0. The molecule has 3 atom stereocenters. The molecule has 59 heavy (non-hydrogen) atoms. The molecule has 0 amide bonds. The zero-order chi connectivity index (χ0) is 43.3. The average molecular weight is 861 g/mol. The summed E-state index contributed by atoms with van der Waals surface area (Å²) in [6.07, 6.45) is 44.7. The van der Waals surface area contributed by atoms with Gasteiger partial charge in [-0.25, -0.2) is 4.57 Å². The van der Waals surface area contributed by atoms with E-state index < -0.39 is 51.8 Å². The molecular weight excluding hydrogens is 767 g/mol. The Morgan fingerprint density at radius 2 is 0.831 bits per heavy atom. The van der Waals surface area contributed by atoms with Crippen LogP contribution in [0.5, 0.6) is 0 Å². The van der Waals surface area contributed by atoms with Crippen LogP contribution >= 0.6 is 7.82 Å². The van der Waals surface area contributed by atoms with Crippen LogP contribution < -0.4 is 0 Å². The predicted octanol–water partition coefficient (Wildman–Crippen LogP) is 13.6. The molecule has 0 aromatic carbocycles. The molecular formula is C48H93O10P. The first kappa shape index (κ1) is 57.7. The van der Waals surface area contributed by atoms with Crippen molar-refractivity contribution in [1.29, 1.82) is 0 Å². The van der Waals surface area contributed by atoms with Crippen molar-refractivity contribution in [3.05, 3.63) is 12.2 Å². The smallest absolute Gasteiger partial charge is 0.462 e.